The third-order valence-electron chi connectivity index (χ3n) is 1.72. The maximum Gasteiger partial charge on any atom is 0.0943 e. The molecular weight excluding hydrogens is 134 g/mol. The fraction of sp³-hybridized carbons (Fsp3) is 0.700. The van der Waals surface area contributed by atoms with Crippen LogP contribution in [-0.2, 0) is 0 Å². The van der Waals surface area contributed by atoms with Crippen LogP contribution in [0.25, 0.3) is 0 Å². The van der Waals surface area contributed by atoms with Crippen molar-refractivity contribution < 1.29 is 0 Å². The minimum absolute atomic E-state index is 0.756. The lowest BCUT2D eigenvalue weighted by atomic mass is 10.0. The highest BCUT2D eigenvalue weighted by molar-refractivity contribution is 5.18. The van der Waals surface area contributed by atoms with E-state index in [4.69, 9.17) is 5.26 Å². The Morgan fingerprint density at radius 2 is 2.18 bits per heavy atom. The highest BCUT2D eigenvalue weighted by atomic mass is 14.2. The van der Waals surface area contributed by atoms with Gasteiger partial charge in [0.2, 0.25) is 0 Å². The summed E-state index contributed by atoms with van der Waals surface area (Å²) in [5.41, 5.74) is 0.922. The lowest BCUT2D eigenvalue weighted by Gasteiger charge is -2.02. The molecule has 0 amide bonds. The maximum absolute atomic E-state index is 8.57. The lowest BCUT2D eigenvalue weighted by molar-refractivity contribution is 0.557. The number of hydrogen-bond acceptors (Lipinski definition) is 1. The van der Waals surface area contributed by atoms with Gasteiger partial charge >= 0.3 is 0 Å². The van der Waals surface area contributed by atoms with Crippen molar-refractivity contribution in [1.29, 1.82) is 5.26 Å². The van der Waals surface area contributed by atoms with Gasteiger partial charge in [-0.15, -0.1) is 0 Å². The molecule has 11 heavy (non-hydrogen) atoms. The number of allylic oxidation sites excluding steroid dienone is 2. The molecule has 0 atom stereocenters. The summed E-state index contributed by atoms with van der Waals surface area (Å²) in [6, 6.07) is 2.19. The van der Waals surface area contributed by atoms with E-state index in [2.05, 4.69) is 19.9 Å². The van der Waals surface area contributed by atoms with Crippen LogP contribution in [0.4, 0.5) is 0 Å². The largest absolute Gasteiger partial charge is 0.193 e. The van der Waals surface area contributed by atoms with Crippen molar-refractivity contribution in [1.82, 2.24) is 0 Å². The number of rotatable bonds is 4. The summed E-state index contributed by atoms with van der Waals surface area (Å²) in [5.74, 6) is 0.756. The Hall–Kier alpha value is -0.770. The van der Waals surface area contributed by atoms with Gasteiger partial charge in [-0.3, -0.25) is 0 Å². The molecule has 1 heteroatoms. The smallest absolute Gasteiger partial charge is 0.0943 e. The molecule has 0 aliphatic rings. The first-order valence-electron chi connectivity index (χ1n) is 4.26. The molecule has 1 nitrogen and oxygen atoms in total. The zero-order chi connectivity index (χ0) is 8.69. The molecule has 0 unspecified atom stereocenters. The molecule has 0 N–H and O–H groups in total. The van der Waals surface area contributed by atoms with Gasteiger partial charge in [0.1, 0.15) is 0 Å². The fourth-order valence-corrected chi connectivity index (χ4v) is 0.966. The summed E-state index contributed by atoms with van der Waals surface area (Å²) in [6.45, 7) is 6.34. The van der Waals surface area contributed by atoms with Crippen LogP contribution in [0, 0.1) is 17.2 Å². The Morgan fingerprint density at radius 1 is 1.55 bits per heavy atom. The van der Waals surface area contributed by atoms with Crippen molar-refractivity contribution >= 4 is 0 Å². The normalized spacial score (nSPS) is 11.7. The Morgan fingerprint density at radius 3 is 2.55 bits per heavy atom. The molecule has 0 aromatic heterocycles. The van der Waals surface area contributed by atoms with Crippen LogP contribution < -0.4 is 0 Å². The van der Waals surface area contributed by atoms with Crippen LogP contribution in [0.1, 0.15) is 40.0 Å². The molecule has 0 bridgehead atoms. The minimum atomic E-state index is 0.756. The van der Waals surface area contributed by atoms with E-state index in [-0.39, 0.29) is 0 Å². The first-order valence-corrected chi connectivity index (χ1v) is 4.26. The van der Waals surface area contributed by atoms with Crippen molar-refractivity contribution in [3.05, 3.63) is 11.6 Å². The zero-order valence-corrected chi connectivity index (χ0v) is 7.72. The summed E-state index contributed by atoms with van der Waals surface area (Å²) < 4.78 is 0. The van der Waals surface area contributed by atoms with Gasteiger partial charge in [0.15, 0.2) is 0 Å². The van der Waals surface area contributed by atoms with E-state index in [0.29, 0.717) is 0 Å². The first kappa shape index (κ1) is 10.2. The molecule has 0 radical (unpaired) electrons. The summed E-state index contributed by atoms with van der Waals surface area (Å²) in [5, 5.41) is 8.57. The molecule has 0 heterocycles. The topological polar surface area (TPSA) is 23.8 Å². The summed E-state index contributed by atoms with van der Waals surface area (Å²) in [4.78, 5) is 0. The van der Waals surface area contributed by atoms with E-state index < -0.39 is 0 Å². The van der Waals surface area contributed by atoms with Crippen LogP contribution in [0.2, 0.25) is 0 Å². The second-order valence-corrected chi connectivity index (χ2v) is 3.21. The third kappa shape index (κ3) is 5.66. The number of nitrogens with zero attached hydrogens (tertiary/aromatic N) is 1. The molecule has 62 valence electrons. The van der Waals surface area contributed by atoms with E-state index >= 15 is 0 Å². The molecule has 0 aromatic rings. The molecule has 0 aromatic carbocycles. The monoisotopic (exact) mass is 151 g/mol. The van der Waals surface area contributed by atoms with Gasteiger partial charge in [-0.05, 0) is 25.7 Å². The van der Waals surface area contributed by atoms with E-state index in [0.717, 1.165) is 24.3 Å². The third-order valence-corrected chi connectivity index (χ3v) is 1.72. The lowest BCUT2D eigenvalue weighted by Crippen LogP contribution is -1.87. The van der Waals surface area contributed by atoms with Gasteiger partial charge in [0.05, 0.1) is 6.07 Å². The van der Waals surface area contributed by atoms with Crippen molar-refractivity contribution in [3.63, 3.8) is 0 Å². The molecule has 0 aliphatic carbocycles. The number of hydrogen-bond donors (Lipinski definition) is 0. The molecule has 0 spiro atoms. The van der Waals surface area contributed by atoms with Crippen molar-refractivity contribution in [2.75, 3.05) is 0 Å². The Kier molecular flexibility index (Phi) is 5.56. The van der Waals surface area contributed by atoms with Gasteiger partial charge in [0.25, 0.3) is 0 Å². The van der Waals surface area contributed by atoms with E-state index in [1.165, 1.54) is 6.42 Å². The predicted molar refractivity (Wildman–Crippen MR) is 48.1 cm³/mol. The van der Waals surface area contributed by atoms with Gasteiger partial charge < -0.3 is 0 Å². The summed E-state index contributed by atoms with van der Waals surface area (Å²) in [7, 11) is 0. The van der Waals surface area contributed by atoms with Gasteiger partial charge in [0, 0.05) is 5.57 Å². The average Bonchev–Trinajstić information content (AvgIpc) is 1.98. The standard InChI is InChI=1S/C10H17N/c1-4-10(8-11)7-5-6-9(2)3/h4,9H,5-7H2,1-3H3. The Bertz CT molecular complexity index is 160. The first-order chi connectivity index (χ1) is 5.20. The predicted octanol–water partition coefficient (Wildman–Crippen LogP) is 3.28. The van der Waals surface area contributed by atoms with Crippen molar-refractivity contribution in [3.8, 4) is 6.07 Å². The highest BCUT2D eigenvalue weighted by Gasteiger charge is 1.96. The molecular formula is C10H17N. The van der Waals surface area contributed by atoms with Gasteiger partial charge in [-0.1, -0.05) is 26.3 Å². The molecule has 0 saturated carbocycles. The Labute approximate surface area is 69.7 Å². The fourth-order valence-electron chi connectivity index (χ4n) is 0.966. The van der Waals surface area contributed by atoms with E-state index in [9.17, 15) is 0 Å². The van der Waals surface area contributed by atoms with Crippen LogP contribution in [0.3, 0.4) is 0 Å². The molecule has 0 saturated heterocycles. The minimum Gasteiger partial charge on any atom is -0.193 e. The van der Waals surface area contributed by atoms with Crippen LogP contribution in [-0.4, -0.2) is 0 Å². The van der Waals surface area contributed by atoms with Gasteiger partial charge in [-0.2, -0.15) is 5.26 Å². The average molecular weight is 151 g/mol. The van der Waals surface area contributed by atoms with Crippen molar-refractivity contribution in [2.24, 2.45) is 5.92 Å². The zero-order valence-electron chi connectivity index (χ0n) is 7.72. The Balaban J connectivity index is 3.47. The van der Waals surface area contributed by atoms with E-state index in [1.807, 2.05) is 13.0 Å². The van der Waals surface area contributed by atoms with Crippen molar-refractivity contribution in [2.45, 2.75) is 40.0 Å². The highest BCUT2D eigenvalue weighted by Crippen LogP contribution is 2.10. The van der Waals surface area contributed by atoms with Crippen LogP contribution >= 0.6 is 0 Å². The quantitative estimate of drug-likeness (QED) is 0.566. The maximum atomic E-state index is 8.57. The van der Waals surface area contributed by atoms with Crippen LogP contribution in [0.5, 0.6) is 0 Å². The number of nitriles is 1. The second-order valence-electron chi connectivity index (χ2n) is 3.21. The summed E-state index contributed by atoms with van der Waals surface area (Å²) >= 11 is 0. The molecule has 0 fully saturated rings. The SMILES string of the molecule is CC=C(C#N)CCCC(C)C. The molecule has 0 rings (SSSR count). The summed E-state index contributed by atoms with van der Waals surface area (Å²) in [6.07, 6.45) is 5.22. The van der Waals surface area contributed by atoms with Gasteiger partial charge in [-0.25, -0.2) is 0 Å². The van der Waals surface area contributed by atoms with E-state index in [1.54, 1.807) is 0 Å². The molecule has 0 aliphatic heterocycles. The second kappa shape index (κ2) is 5.97. The van der Waals surface area contributed by atoms with Crippen LogP contribution in [0.15, 0.2) is 11.6 Å².